The average Bonchev–Trinajstić information content (AvgIpc) is 2.64. The molecule has 4 nitrogen and oxygen atoms in total. The number of halogens is 3. The molecule has 1 atom stereocenters. The Hall–Kier alpha value is -1.40. The van der Waals surface area contributed by atoms with Crippen molar-refractivity contribution >= 4 is 58.4 Å². The first kappa shape index (κ1) is 21.9. The quantitative estimate of drug-likeness (QED) is 0.563. The summed E-state index contributed by atoms with van der Waals surface area (Å²) in [6.07, 6.45) is 2.36. The summed E-state index contributed by atoms with van der Waals surface area (Å²) < 4.78 is 5.35. The lowest BCUT2D eigenvalue weighted by molar-refractivity contribution is -0.147. The zero-order chi connectivity index (χ0) is 19.8. The highest BCUT2D eigenvalue weighted by Gasteiger charge is 2.23. The zero-order valence-electron chi connectivity index (χ0n) is 14.5. The van der Waals surface area contributed by atoms with E-state index in [1.54, 1.807) is 54.2 Å². The molecule has 8 heteroatoms. The second-order valence-electron chi connectivity index (χ2n) is 5.63. The van der Waals surface area contributed by atoms with Gasteiger partial charge in [-0.3, -0.25) is 4.79 Å². The van der Waals surface area contributed by atoms with Crippen molar-refractivity contribution in [1.29, 1.82) is 0 Å². The molecule has 0 saturated carbocycles. The van der Waals surface area contributed by atoms with Crippen LogP contribution >= 0.6 is 46.6 Å². The fourth-order valence-corrected chi connectivity index (χ4v) is 3.41. The van der Waals surface area contributed by atoms with E-state index < -0.39 is 17.9 Å². The molecule has 0 aromatic heterocycles. The highest BCUT2D eigenvalue weighted by molar-refractivity contribution is 7.98. The summed E-state index contributed by atoms with van der Waals surface area (Å²) in [7, 11) is 0. The molecule has 0 spiro atoms. The van der Waals surface area contributed by atoms with Crippen LogP contribution in [0.1, 0.15) is 22.3 Å². The van der Waals surface area contributed by atoms with Crippen LogP contribution in [0.3, 0.4) is 0 Å². The first-order valence-electron chi connectivity index (χ1n) is 8.07. The number of hydrogen-bond donors (Lipinski definition) is 1. The predicted octanol–water partition coefficient (Wildman–Crippen LogP) is 5.24. The van der Waals surface area contributed by atoms with Gasteiger partial charge in [0, 0.05) is 15.6 Å². The Morgan fingerprint density at radius 3 is 2.52 bits per heavy atom. The van der Waals surface area contributed by atoms with Crippen LogP contribution in [0.15, 0.2) is 42.5 Å². The number of amides is 1. The third-order valence-electron chi connectivity index (χ3n) is 3.70. The van der Waals surface area contributed by atoms with E-state index in [1.165, 1.54) is 0 Å². The summed E-state index contributed by atoms with van der Waals surface area (Å²) in [5.41, 5.74) is 0.942. The fourth-order valence-electron chi connectivity index (χ4n) is 2.25. The van der Waals surface area contributed by atoms with E-state index in [0.717, 1.165) is 0 Å². The average molecular weight is 447 g/mol. The van der Waals surface area contributed by atoms with Gasteiger partial charge in [-0.05, 0) is 42.7 Å². The number of carbonyl (C=O) groups is 2. The van der Waals surface area contributed by atoms with Crippen molar-refractivity contribution in [3.05, 3.63) is 68.7 Å². The Kier molecular flexibility index (Phi) is 8.77. The summed E-state index contributed by atoms with van der Waals surface area (Å²) in [6, 6.07) is 10.8. The lowest BCUT2D eigenvalue weighted by atomic mass is 10.1. The third kappa shape index (κ3) is 6.61. The van der Waals surface area contributed by atoms with Gasteiger partial charge in [0.15, 0.2) is 0 Å². The first-order chi connectivity index (χ1) is 12.9. The number of rotatable bonds is 8. The fraction of sp³-hybridized carbons (Fsp3) is 0.263. The molecule has 2 aromatic rings. The molecule has 0 fully saturated rings. The molecule has 0 bridgehead atoms. The Morgan fingerprint density at radius 2 is 1.85 bits per heavy atom. The van der Waals surface area contributed by atoms with Crippen molar-refractivity contribution in [2.75, 3.05) is 12.0 Å². The molecule has 2 aromatic carbocycles. The van der Waals surface area contributed by atoms with E-state index in [4.69, 9.17) is 39.5 Å². The molecular weight excluding hydrogens is 429 g/mol. The van der Waals surface area contributed by atoms with Gasteiger partial charge < -0.3 is 10.1 Å². The van der Waals surface area contributed by atoms with Gasteiger partial charge in [-0.25, -0.2) is 4.79 Å². The highest BCUT2D eigenvalue weighted by atomic mass is 35.5. The predicted molar refractivity (Wildman–Crippen MR) is 112 cm³/mol. The monoisotopic (exact) mass is 445 g/mol. The lowest BCUT2D eigenvalue weighted by Gasteiger charge is -2.18. The number of benzene rings is 2. The van der Waals surface area contributed by atoms with Crippen LogP contribution in [-0.4, -0.2) is 29.9 Å². The second-order valence-corrected chi connectivity index (χ2v) is 7.87. The van der Waals surface area contributed by atoms with Crippen LogP contribution < -0.4 is 5.32 Å². The number of thioether (sulfide) groups is 1. The highest BCUT2D eigenvalue weighted by Crippen LogP contribution is 2.22. The van der Waals surface area contributed by atoms with Crippen LogP contribution in [-0.2, 0) is 16.1 Å². The van der Waals surface area contributed by atoms with Crippen molar-refractivity contribution in [2.45, 2.75) is 19.1 Å². The van der Waals surface area contributed by atoms with Gasteiger partial charge in [0.05, 0.1) is 10.6 Å². The van der Waals surface area contributed by atoms with E-state index >= 15 is 0 Å². The Labute approximate surface area is 177 Å². The summed E-state index contributed by atoms with van der Waals surface area (Å²) in [4.78, 5) is 25.0. The number of hydrogen-bond acceptors (Lipinski definition) is 4. The minimum absolute atomic E-state index is 0.00737. The van der Waals surface area contributed by atoms with Crippen LogP contribution in [0.5, 0.6) is 0 Å². The molecule has 144 valence electrons. The largest absolute Gasteiger partial charge is 0.459 e. The Balaban J connectivity index is 2.04. The van der Waals surface area contributed by atoms with E-state index in [2.05, 4.69) is 5.32 Å². The molecule has 0 aliphatic heterocycles. The van der Waals surface area contributed by atoms with E-state index in [9.17, 15) is 9.59 Å². The van der Waals surface area contributed by atoms with Gasteiger partial charge in [-0.1, -0.05) is 53.0 Å². The van der Waals surface area contributed by atoms with Gasteiger partial charge in [-0.15, -0.1) is 0 Å². The number of ether oxygens (including phenoxy) is 1. The van der Waals surface area contributed by atoms with Crippen molar-refractivity contribution in [1.82, 2.24) is 5.32 Å². The van der Waals surface area contributed by atoms with E-state index in [1.807, 2.05) is 6.26 Å². The normalized spacial score (nSPS) is 11.7. The topological polar surface area (TPSA) is 55.4 Å². The minimum atomic E-state index is -0.785. The molecule has 27 heavy (non-hydrogen) atoms. The summed E-state index contributed by atoms with van der Waals surface area (Å²) in [5.74, 6) is -0.270. The smallest absolute Gasteiger partial charge is 0.329 e. The second kappa shape index (κ2) is 10.8. The van der Waals surface area contributed by atoms with Crippen molar-refractivity contribution < 1.29 is 14.3 Å². The number of carbonyl (C=O) groups excluding carboxylic acids is 2. The molecule has 1 N–H and O–H groups in total. The summed E-state index contributed by atoms with van der Waals surface area (Å²) in [5, 5.41) is 3.94. The maximum atomic E-state index is 12.5. The van der Waals surface area contributed by atoms with Crippen molar-refractivity contribution in [3.63, 3.8) is 0 Å². The van der Waals surface area contributed by atoms with Crippen LogP contribution in [0, 0.1) is 0 Å². The Bertz CT molecular complexity index is 817. The van der Waals surface area contributed by atoms with Crippen molar-refractivity contribution in [2.24, 2.45) is 0 Å². The molecule has 0 aliphatic carbocycles. The minimum Gasteiger partial charge on any atom is -0.459 e. The molecule has 0 saturated heterocycles. The lowest BCUT2D eigenvalue weighted by Crippen LogP contribution is -2.42. The van der Waals surface area contributed by atoms with E-state index in [0.29, 0.717) is 38.4 Å². The molecule has 1 unspecified atom stereocenters. The van der Waals surface area contributed by atoms with Crippen molar-refractivity contribution in [3.8, 4) is 0 Å². The van der Waals surface area contributed by atoms with Gasteiger partial charge in [0.2, 0.25) is 0 Å². The van der Waals surface area contributed by atoms with Gasteiger partial charge in [-0.2, -0.15) is 11.8 Å². The van der Waals surface area contributed by atoms with Gasteiger partial charge in [0.1, 0.15) is 12.6 Å². The van der Waals surface area contributed by atoms with Crippen LogP contribution in [0.4, 0.5) is 0 Å². The summed E-state index contributed by atoms with van der Waals surface area (Å²) >= 11 is 19.6. The maximum Gasteiger partial charge on any atom is 0.329 e. The van der Waals surface area contributed by atoms with Gasteiger partial charge in [0.25, 0.3) is 5.91 Å². The number of esters is 1. The SMILES string of the molecule is CSCCC(NC(=O)c1ccccc1Cl)C(=O)OCc1ccc(Cl)cc1Cl. The van der Waals surface area contributed by atoms with Crippen LogP contribution in [0.2, 0.25) is 15.1 Å². The number of nitrogens with one attached hydrogen (secondary N) is 1. The molecule has 0 aliphatic rings. The molecule has 0 heterocycles. The molecular formula is C19H18Cl3NO3S. The molecule has 0 radical (unpaired) electrons. The maximum absolute atomic E-state index is 12.5. The zero-order valence-corrected chi connectivity index (χ0v) is 17.6. The first-order valence-corrected chi connectivity index (χ1v) is 10.6. The third-order valence-corrected chi connectivity index (χ3v) is 5.26. The van der Waals surface area contributed by atoms with Gasteiger partial charge >= 0.3 is 5.97 Å². The Morgan fingerprint density at radius 1 is 1.11 bits per heavy atom. The molecule has 1 amide bonds. The summed E-state index contributed by atoms with van der Waals surface area (Å²) in [6.45, 7) is -0.00737. The molecule has 2 rings (SSSR count). The van der Waals surface area contributed by atoms with Crippen LogP contribution in [0.25, 0.3) is 0 Å². The van der Waals surface area contributed by atoms with E-state index in [-0.39, 0.29) is 6.61 Å². The standard InChI is InChI=1S/C19H18Cl3NO3S/c1-27-9-8-17(23-18(24)14-4-2-3-5-15(14)21)19(25)26-11-12-6-7-13(20)10-16(12)22/h2-7,10,17H,8-9,11H2,1H3,(H,23,24).